The average molecular weight is 446 g/mol. The van der Waals surface area contributed by atoms with Crippen LogP contribution in [0.2, 0.25) is 0 Å². The van der Waals surface area contributed by atoms with Crippen LogP contribution in [-0.2, 0) is 0 Å². The molecule has 1 amide bonds. The second kappa shape index (κ2) is 8.94. The molecule has 0 saturated heterocycles. The van der Waals surface area contributed by atoms with Crippen molar-refractivity contribution in [2.24, 2.45) is 5.10 Å². The standard InChI is InChI=1S/C23H18N4O4S/c1-15-3-7-17(8-4-15)22(28)26(24-14-16-5-9-18(10-6-16)27(29)30)23-25-20-12-11-19(31-2)13-21(20)32-23/h3-14H,1-2H3/b24-14+. The number of amides is 1. The van der Waals surface area contributed by atoms with Crippen LogP contribution in [0.5, 0.6) is 5.75 Å². The van der Waals surface area contributed by atoms with Crippen LogP contribution in [0.1, 0.15) is 21.5 Å². The van der Waals surface area contributed by atoms with Crippen molar-refractivity contribution < 1.29 is 14.5 Å². The number of ether oxygens (including phenoxy) is 1. The Morgan fingerprint density at radius 3 is 2.50 bits per heavy atom. The molecular formula is C23H18N4O4S. The monoisotopic (exact) mass is 446 g/mol. The number of non-ortho nitro benzene ring substituents is 1. The first-order valence-corrected chi connectivity index (χ1v) is 10.4. The van der Waals surface area contributed by atoms with Crippen LogP contribution in [0.25, 0.3) is 10.2 Å². The molecule has 8 nitrogen and oxygen atoms in total. The minimum absolute atomic E-state index is 0.0186. The summed E-state index contributed by atoms with van der Waals surface area (Å²) in [6.07, 6.45) is 1.47. The molecule has 0 N–H and O–H groups in total. The zero-order valence-corrected chi connectivity index (χ0v) is 18.1. The third-order valence-corrected chi connectivity index (χ3v) is 5.68. The van der Waals surface area contributed by atoms with E-state index in [4.69, 9.17) is 4.74 Å². The maximum atomic E-state index is 13.3. The van der Waals surface area contributed by atoms with Crippen LogP contribution in [0.3, 0.4) is 0 Å². The lowest BCUT2D eigenvalue weighted by molar-refractivity contribution is -0.384. The second-order valence-electron chi connectivity index (χ2n) is 6.91. The van der Waals surface area contributed by atoms with Gasteiger partial charge in [0.2, 0.25) is 5.13 Å². The molecule has 0 aliphatic heterocycles. The van der Waals surface area contributed by atoms with Gasteiger partial charge in [-0.05, 0) is 55.0 Å². The van der Waals surface area contributed by atoms with E-state index in [-0.39, 0.29) is 11.6 Å². The van der Waals surface area contributed by atoms with Crippen molar-refractivity contribution in [2.75, 3.05) is 12.1 Å². The fourth-order valence-electron chi connectivity index (χ4n) is 2.92. The van der Waals surface area contributed by atoms with Crippen molar-refractivity contribution in [3.8, 4) is 5.75 Å². The van der Waals surface area contributed by atoms with Gasteiger partial charge in [0, 0.05) is 17.7 Å². The zero-order chi connectivity index (χ0) is 22.7. The summed E-state index contributed by atoms with van der Waals surface area (Å²) in [5.74, 6) is 0.354. The Bertz CT molecular complexity index is 1310. The largest absolute Gasteiger partial charge is 0.497 e. The molecule has 4 aromatic rings. The van der Waals surface area contributed by atoms with E-state index in [1.54, 1.807) is 37.4 Å². The Morgan fingerprint density at radius 1 is 1.12 bits per heavy atom. The number of hydrogen-bond acceptors (Lipinski definition) is 7. The van der Waals surface area contributed by atoms with Crippen molar-refractivity contribution in [1.29, 1.82) is 0 Å². The second-order valence-corrected chi connectivity index (χ2v) is 7.92. The number of nitrogens with zero attached hydrogens (tertiary/aromatic N) is 4. The third kappa shape index (κ3) is 4.47. The van der Waals surface area contributed by atoms with E-state index in [0.717, 1.165) is 15.8 Å². The maximum absolute atomic E-state index is 13.3. The quantitative estimate of drug-likeness (QED) is 0.230. The number of methoxy groups -OCH3 is 1. The lowest BCUT2D eigenvalue weighted by Gasteiger charge is -2.14. The predicted octanol–water partition coefficient (Wildman–Crippen LogP) is 5.20. The van der Waals surface area contributed by atoms with Gasteiger partial charge in [0.25, 0.3) is 11.6 Å². The van der Waals surface area contributed by atoms with E-state index >= 15 is 0 Å². The first kappa shape index (κ1) is 21.1. The fourth-order valence-corrected chi connectivity index (χ4v) is 3.87. The highest BCUT2D eigenvalue weighted by Crippen LogP contribution is 2.32. The lowest BCUT2D eigenvalue weighted by Crippen LogP contribution is -2.25. The molecule has 0 radical (unpaired) electrons. The van der Waals surface area contributed by atoms with Gasteiger partial charge in [-0.3, -0.25) is 14.9 Å². The lowest BCUT2D eigenvalue weighted by atomic mass is 10.1. The molecule has 0 saturated carbocycles. The van der Waals surface area contributed by atoms with Crippen LogP contribution < -0.4 is 9.75 Å². The maximum Gasteiger partial charge on any atom is 0.280 e. The summed E-state index contributed by atoms with van der Waals surface area (Å²) in [4.78, 5) is 28.3. The van der Waals surface area contributed by atoms with Crippen molar-refractivity contribution in [1.82, 2.24) is 4.98 Å². The van der Waals surface area contributed by atoms with Gasteiger partial charge < -0.3 is 4.74 Å². The number of hydrazone groups is 1. The number of nitro benzene ring substituents is 1. The van der Waals surface area contributed by atoms with Gasteiger partial charge in [-0.25, -0.2) is 4.98 Å². The molecule has 32 heavy (non-hydrogen) atoms. The fraction of sp³-hybridized carbons (Fsp3) is 0.0870. The topological polar surface area (TPSA) is 97.9 Å². The summed E-state index contributed by atoms with van der Waals surface area (Å²) in [5, 5.41) is 16.9. The Balaban J connectivity index is 1.73. The highest BCUT2D eigenvalue weighted by atomic mass is 32.1. The number of rotatable bonds is 6. The SMILES string of the molecule is COc1ccc2nc(N(/N=C/c3ccc([N+](=O)[O-])cc3)C(=O)c3ccc(C)cc3)sc2c1. The molecule has 0 aliphatic carbocycles. The van der Waals surface area contributed by atoms with E-state index in [2.05, 4.69) is 10.1 Å². The van der Waals surface area contributed by atoms with Crippen molar-refractivity contribution >= 4 is 44.5 Å². The van der Waals surface area contributed by atoms with Gasteiger partial charge in [-0.15, -0.1) is 0 Å². The summed E-state index contributed by atoms with van der Waals surface area (Å²) in [7, 11) is 1.59. The highest BCUT2D eigenvalue weighted by molar-refractivity contribution is 7.22. The molecule has 1 heterocycles. The zero-order valence-electron chi connectivity index (χ0n) is 17.3. The summed E-state index contributed by atoms with van der Waals surface area (Å²) in [6.45, 7) is 1.94. The number of aryl methyl sites for hydroxylation is 1. The summed E-state index contributed by atoms with van der Waals surface area (Å²) < 4.78 is 6.13. The number of carbonyl (C=O) groups excluding carboxylic acids is 1. The first-order chi connectivity index (χ1) is 15.4. The van der Waals surface area contributed by atoms with E-state index in [0.29, 0.717) is 22.0 Å². The number of fused-ring (bicyclic) bond motifs is 1. The predicted molar refractivity (Wildman–Crippen MR) is 125 cm³/mol. The summed E-state index contributed by atoms with van der Waals surface area (Å²) in [6, 6.07) is 18.6. The first-order valence-electron chi connectivity index (χ1n) is 9.59. The highest BCUT2D eigenvalue weighted by Gasteiger charge is 2.21. The number of benzene rings is 3. The van der Waals surface area contributed by atoms with E-state index in [9.17, 15) is 14.9 Å². The molecule has 3 aromatic carbocycles. The molecular weight excluding hydrogens is 428 g/mol. The smallest absolute Gasteiger partial charge is 0.280 e. The number of carbonyl (C=O) groups is 1. The van der Waals surface area contributed by atoms with Crippen LogP contribution in [0.4, 0.5) is 10.8 Å². The number of nitro groups is 1. The Labute approximate surface area is 187 Å². The Morgan fingerprint density at radius 2 is 1.84 bits per heavy atom. The number of hydrogen-bond donors (Lipinski definition) is 0. The van der Waals surface area contributed by atoms with Gasteiger partial charge in [-0.1, -0.05) is 29.0 Å². The van der Waals surface area contributed by atoms with E-state index in [1.165, 1.54) is 34.7 Å². The number of aromatic nitrogens is 1. The molecule has 160 valence electrons. The molecule has 1 aromatic heterocycles. The summed E-state index contributed by atoms with van der Waals surface area (Å²) in [5.41, 5.74) is 2.82. The molecule has 0 fully saturated rings. The number of anilines is 1. The van der Waals surface area contributed by atoms with Gasteiger partial charge in [-0.2, -0.15) is 10.1 Å². The Kier molecular flexibility index (Phi) is 5.91. The van der Waals surface area contributed by atoms with Crippen molar-refractivity contribution in [3.05, 3.63) is 93.5 Å². The van der Waals surface area contributed by atoms with Gasteiger partial charge in [0.15, 0.2) is 0 Å². The van der Waals surface area contributed by atoms with E-state index in [1.807, 2.05) is 31.2 Å². The molecule has 0 unspecified atom stereocenters. The molecule has 0 spiro atoms. The van der Waals surface area contributed by atoms with Crippen molar-refractivity contribution in [3.63, 3.8) is 0 Å². The normalized spacial score (nSPS) is 11.1. The minimum atomic E-state index is -0.469. The van der Waals surface area contributed by atoms with Crippen LogP contribution in [0.15, 0.2) is 71.8 Å². The van der Waals surface area contributed by atoms with Gasteiger partial charge in [0.05, 0.1) is 28.5 Å². The third-order valence-electron chi connectivity index (χ3n) is 4.68. The van der Waals surface area contributed by atoms with Crippen LogP contribution in [-0.4, -0.2) is 29.1 Å². The summed E-state index contributed by atoms with van der Waals surface area (Å²) >= 11 is 1.31. The minimum Gasteiger partial charge on any atom is -0.497 e. The van der Waals surface area contributed by atoms with Crippen LogP contribution in [0, 0.1) is 17.0 Å². The van der Waals surface area contributed by atoms with E-state index < -0.39 is 4.92 Å². The Hall–Kier alpha value is -4.11. The molecule has 0 atom stereocenters. The van der Waals surface area contributed by atoms with Crippen molar-refractivity contribution in [2.45, 2.75) is 6.92 Å². The van der Waals surface area contributed by atoms with Gasteiger partial charge >= 0.3 is 0 Å². The van der Waals surface area contributed by atoms with Gasteiger partial charge in [0.1, 0.15) is 5.75 Å². The molecule has 4 rings (SSSR count). The molecule has 0 aliphatic rings. The van der Waals surface area contributed by atoms with Crippen LogP contribution >= 0.6 is 11.3 Å². The molecule has 0 bridgehead atoms. The molecule has 9 heteroatoms. The number of thiazole rings is 1. The average Bonchev–Trinajstić information content (AvgIpc) is 3.22.